The smallest absolute Gasteiger partial charge is 0.244 e. The Bertz CT molecular complexity index is 802. The highest BCUT2D eigenvalue weighted by Gasteiger charge is 2.72. The van der Waals surface area contributed by atoms with Gasteiger partial charge in [-0.2, -0.15) is 0 Å². The van der Waals surface area contributed by atoms with Crippen molar-refractivity contribution >= 4 is 29.0 Å². The number of hydrogen-bond donors (Lipinski definition) is 0. The van der Waals surface area contributed by atoms with E-state index in [0.717, 1.165) is 5.56 Å². The predicted octanol–water partition coefficient (Wildman–Crippen LogP) is 3.36. The minimum absolute atomic E-state index is 0.168. The molecule has 0 N–H and O–H groups in total. The van der Waals surface area contributed by atoms with Crippen molar-refractivity contribution in [3.63, 3.8) is 0 Å². The molecule has 1 spiro atoms. The van der Waals surface area contributed by atoms with Crippen molar-refractivity contribution in [1.82, 2.24) is 0 Å². The summed E-state index contributed by atoms with van der Waals surface area (Å²) < 4.78 is 5.77. The Morgan fingerprint density at radius 3 is 2.55 bits per heavy atom. The van der Waals surface area contributed by atoms with Crippen LogP contribution in [0.4, 0.5) is 5.69 Å². The van der Waals surface area contributed by atoms with Gasteiger partial charge in [0.2, 0.25) is 17.4 Å². The standard InChI is InChI=1S/C17H12ClNO3/c1-10(20)19-14-5-3-2-4-13(14)15(21)17(19)16(22-17)11-6-8-12(18)9-7-11/h2-9,16H,1H3/t16-,17+/m1/s1. The van der Waals surface area contributed by atoms with Crippen LogP contribution >= 0.6 is 11.6 Å². The van der Waals surface area contributed by atoms with Crippen LogP contribution in [0.15, 0.2) is 48.5 Å². The Labute approximate surface area is 132 Å². The zero-order chi connectivity index (χ0) is 15.5. The number of Topliss-reactive ketones (excluding diaryl/α,β-unsaturated/α-hetero) is 1. The van der Waals surface area contributed by atoms with E-state index < -0.39 is 11.8 Å². The molecule has 2 atom stereocenters. The van der Waals surface area contributed by atoms with Gasteiger partial charge in [0.25, 0.3) is 0 Å². The van der Waals surface area contributed by atoms with Crippen molar-refractivity contribution in [3.8, 4) is 0 Å². The van der Waals surface area contributed by atoms with Crippen LogP contribution in [0.3, 0.4) is 0 Å². The molecule has 1 saturated heterocycles. The third-order valence-electron chi connectivity index (χ3n) is 4.13. The Morgan fingerprint density at radius 1 is 1.18 bits per heavy atom. The second-order valence-electron chi connectivity index (χ2n) is 5.45. The summed E-state index contributed by atoms with van der Waals surface area (Å²) in [5, 5.41) is 0.614. The summed E-state index contributed by atoms with van der Waals surface area (Å²) >= 11 is 5.90. The lowest BCUT2D eigenvalue weighted by Gasteiger charge is -2.20. The van der Waals surface area contributed by atoms with Gasteiger partial charge in [-0.15, -0.1) is 0 Å². The minimum atomic E-state index is -1.23. The van der Waals surface area contributed by atoms with Crippen LogP contribution in [0.5, 0.6) is 0 Å². The monoisotopic (exact) mass is 313 g/mol. The van der Waals surface area contributed by atoms with E-state index in [1.165, 1.54) is 11.8 Å². The summed E-state index contributed by atoms with van der Waals surface area (Å²) in [5.74, 6) is -0.381. The average molecular weight is 314 g/mol. The number of ketones is 1. The summed E-state index contributed by atoms with van der Waals surface area (Å²) in [6.07, 6.45) is -0.464. The van der Waals surface area contributed by atoms with E-state index >= 15 is 0 Å². The summed E-state index contributed by atoms with van der Waals surface area (Å²) in [5.41, 5.74) is 0.728. The largest absolute Gasteiger partial charge is 0.332 e. The molecular formula is C17H12ClNO3. The molecule has 22 heavy (non-hydrogen) atoms. The number of amides is 1. The predicted molar refractivity (Wildman–Crippen MR) is 81.9 cm³/mol. The zero-order valence-electron chi connectivity index (χ0n) is 11.7. The Morgan fingerprint density at radius 2 is 1.86 bits per heavy atom. The summed E-state index contributed by atoms with van der Waals surface area (Å²) in [7, 11) is 0. The highest BCUT2D eigenvalue weighted by molar-refractivity contribution is 6.30. The number of epoxide rings is 1. The Hall–Kier alpha value is -2.17. The number of nitrogens with zero attached hydrogens (tertiary/aromatic N) is 1. The molecule has 2 heterocycles. The fourth-order valence-electron chi connectivity index (χ4n) is 3.16. The van der Waals surface area contributed by atoms with Gasteiger partial charge in [-0.3, -0.25) is 14.5 Å². The van der Waals surface area contributed by atoms with E-state index in [2.05, 4.69) is 0 Å². The number of para-hydroxylation sites is 1. The van der Waals surface area contributed by atoms with Gasteiger partial charge in [0.1, 0.15) is 6.10 Å². The Kier molecular flexibility index (Phi) is 2.71. The lowest BCUT2D eigenvalue weighted by atomic mass is 10.0. The first-order valence-electron chi connectivity index (χ1n) is 6.93. The number of carbonyl (C=O) groups is 2. The molecular weight excluding hydrogens is 302 g/mol. The summed E-state index contributed by atoms with van der Waals surface area (Å²) in [6.45, 7) is 1.44. The molecule has 2 aliphatic rings. The number of carbonyl (C=O) groups excluding carboxylic acids is 2. The first-order chi connectivity index (χ1) is 10.6. The van der Waals surface area contributed by atoms with Crippen molar-refractivity contribution in [2.45, 2.75) is 18.8 Å². The zero-order valence-corrected chi connectivity index (χ0v) is 12.5. The van der Waals surface area contributed by atoms with Crippen molar-refractivity contribution in [2.24, 2.45) is 0 Å². The van der Waals surface area contributed by atoms with Gasteiger partial charge in [-0.25, -0.2) is 0 Å². The second kappa shape index (κ2) is 4.41. The highest BCUT2D eigenvalue weighted by atomic mass is 35.5. The lowest BCUT2D eigenvalue weighted by Crippen LogP contribution is -2.43. The summed E-state index contributed by atoms with van der Waals surface area (Å²) in [4.78, 5) is 26.4. The van der Waals surface area contributed by atoms with Gasteiger partial charge in [0, 0.05) is 17.5 Å². The molecule has 2 aliphatic heterocycles. The van der Waals surface area contributed by atoms with Crippen LogP contribution in [0.1, 0.15) is 28.9 Å². The number of benzene rings is 2. The number of fused-ring (bicyclic) bond motifs is 1. The number of rotatable bonds is 1. The van der Waals surface area contributed by atoms with Crippen molar-refractivity contribution < 1.29 is 14.3 Å². The molecule has 0 radical (unpaired) electrons. The molecule has 1 fully saturated rings. The normalized spacial score (nSPS) is 25.5. The first-order valence-corrected chi connectivity index (χ1v) is 7.31. The van der Waals surface area contributed by atoms with Gasteiger partial charge in [0.15, 0.2) is 0 Å². The van der Waals surface area contributed by atoms with Gasteiger partial charge < -0.3 is 4.74 Å². The number of halogens is 1. The van der Waals surface area contributed by atoms with Gasteiger partial charge >= 0.3 is 0 Å². The van der Waals surface area contributed by atoms with E-state index in [1.807, 2.05) is 12.1 Å². The number of hydrogen-bond acceptors (Lipinski definition) is 3. The molecule has 0 aromatic heterocycles. The van der Waals surface area contributed by atoms with Gasteiger partial charge in [0.05, 0.1) is 5.69 Å². The SMILES string of the molecule is CC(=O)N1c2ccccc2C(=O)[C@@]12O[C@@H]2c1ccc(Cl)cc1. The van der Waals surface area contributed by atoms with Crippen LogP contribution in [0.25, 0.3) is 0 Å². The fourth-order valence-corrected chi connectivity index (χ4v) is 3.28. The number of anilines is 1. The third kappa shape index (κ3) is 1.62. The third-order valence-corrected chi connectivity index (χ3v) is 4.38. The molecule has 0 bridgehead atoms. The average Bonchev–Trinajstić information content (AvgIpc) is 3.17. The maximum Gasteiger partial charge on any atom is 0.244 e. The van der Waals surface area contributed by atoms with Crippen molar-refractivity contribution in [2.75, 3.05) is 4.90 Å². The van der Waals surface area contributed by atoms with Crippen LogP contribution in [0, 0.1) is 0 Å². The topological polar surface area (TPSA) is 49.9 Å². The maximum atomic E-state index is 12.8. The van der Waals surface area contributed by atoms with Crippen LogP contribution in [0.2, 0.25) is 5.02 Å². The molecule has 4 rings (SSSR count). The molecule has 0 aliphatic carbocycles. The summed E-state index contributed by atoms with van der Waals surface area (Å²) in [6, 6.07) is 14.2. The van der Waals surface area contributed by atoms with Crippen molar-refractivity contribution in [3.05, 3.63) is 64.7 Å². The van der Waals surface area contributed by atoms with Gasteiger partial charge in [-0.05, 0) is 29.8 Å². The molecule has 5 heteroatoms. The van der Waals surface area contributed by atoms with Gasteiger partial charge in [-0.1, -0.05) is 35.9 Å². The van der Waals surface area contributed by atoms with E-state index in [-0.39, 0.29) is 11.7 Å². The molecule has 2 aromatic rings. The molecule has 2 aromatic carbocycles. The minimum Gasteiger partial charge on any atom is -0.332 e. The first kappa shape index (κ1) is 13.5. The molecule has 110 valence electrons. The lowest BCUT2D eigenvalue weighted by molar-refractivity contribution is -0.117. The quantitative estimate of drug-likeness (QED) is 0.759. The van der Waals surface area contributed by atoms with Crippen molar-refractivity contribution in [1.29, 1.82) is 0 Å². The molecule has 1 amide bonds. The maximum absolute atomic E-state index is 12.8. The van der Waals surface area contributed by atoms with Crippen LogP contribution in [-0.2, 0) is 9.53 Å². The van der Waals surface area contributed by atoms with Crippen LogP contribution in [-0.4, -0.2) is 17.4 Å². The van der Waals surface area contributed by atoms with E-state index in [4.69, 9.17) is 16.3 Å². The van der Waals surface area contributed by atoms with Crippen LogP contribution < -0.4 is 4.90 Å². The van der Waals surface area contributed by atoms with E-state index in [1.54, 1.807) is 36.4 Å². The van der Waals surface area contributed by atoms with E-state index in [9.17, 15) is 9.59 Å². The molecule has 0 saturated carbocycles. The highest BCUT2D eigenvalue weighted by Crippen LogP contribution is 2.59. The fraction of sp³-hybridized carbons (Fsp3) is 0.176. The molecule has 0 unspecified atom stereocenters. The second-order valence-corrected chi connectivity index (χ2v) is 5.88. The Balaban J connectivity index is 1.81. The number of ether oxygens (including phenoxy) is 1. The molecule has 4 nitrogen and oxygen atoms in total. The van der Waals surface area contributed by atoms with E-state index in [0.29, 0.717) is 16.3 Å².